The number of benzene rings is 3. The molecule has 0 amide bonds. The van der Waals surface area contributed by atoms with Gasteiger partial charge < -0.3 is 14.4 Å². The number of nitrogens with zero attached hydrogens (tertiary/aromatic N) is 1. The fraction of sp³-hybridized carbons (Fsp3) is 0.143. The Morgan fingerprint density at radius 1 is 1.14 bits per heavy atom. The lowest BCUT2D eigenvalue weighted by Crippen LogP contribution is -2.03. The van der Waals surface area contributed by atoms with E-state index in [2.05, 4.69) is 5.16 Å². The van der Waals surface area contributed by atoms with Crippen LogP contribution in [0.25, 0.3) is 23.4 Å². The van der Waals surface area contributed by atoms with Crippen LogP contribution in [-0.2, 0) is 6.56 Å². The topological polar surface area (TPSA) is 72.6 Å². The highest BCUT2D eigenvalue weighted by Gasteiger charge is 2.24. The SMILES string of the molecule is [2H]/C(=C(/[2H])c1cc(F)c(OC([2H])([2H])c2c(-c3c(Cl)cccc3Cl)noc2C(C)C)cc1Cl)c1cccc(C(=O)O)c1. The molecule has 0 aliphatic heterocycles. The summed E-state index contributed by atoms with van der Waals surface area (Å²) in [6, 6.07) is 11.1. The van der Waals surface area contributed by atoms with E-state index in [4.69, 9.17) is 49.5 Å². The van der Waals surface area contributed by atoms with Crippen molar-refractivity contribution in [3.8, 4) is 17.0 Å². The normalized spacial score (nSPS) is 13.9. The molecule has 3 aromatic carbocycles. The molecule has 0 saturated heterocycles. The molecule has 5 nitrogen and oxygen atoms in total. The van der Waals surface area contributed by atoms with Crippen molar-refractivity contribution in [2.24, 2.45) is 0 Å². The van der Waals surface area contributed by atoms with Gasteiger partial charge in [-0.25, -0.2) is 9.18 Å². The van der Waals surface area contributed by atoms with Gasteiger partial charge in [0, 0.05) is 17.5 Å². The Labute approximate surface area is 233 Å². The molecule has 1 heterocycles. The van der Waals surface area contributed by atoms with E-state index in [-0.39, 0.29) is 60.3 Å². The molecule has 4 aromatic rings. The Hall–Kier alpha value is -3.32. The van der Waals surface area contributed by atoms with Gasteiger partial charge in [0.1, 0.15) is 18.0 Å². The zero-order valence-electron chi connectivity index (χ0n) is 23.4. The average molecular weight is 565 g/mol. The van der Waals surface area contributed by atoms with E-state index in [1.807, 2.05) is 0 Å². The van der Waals surface area contributed by atoms with Gasteiger partial charge in [-0.1, -0.05) is 84.1 Å². The maximum Gasteiger partial charge on any atom is 0.335 e. The molecule has 0 radical (unpaired) electrons. The van der Waals surface area contributed by atoms with Gasteiger partial charge in [0.25, 0.3) is 0 Å². The first-order valence-corrected chi connectivity index (χ1v) is 12.0. The lowest BCUT2D eigenvalue weighted by atomic mass is 10.0. The number of carbonyl (C=O) groups is 1. The second-order valence-electron chi connectivity index (χ2n) is 8.12. The van der Waals surface area contributed by atoms with Gasteiger partial charge in [-0.15, -0.1) is 0 Å². The first-order chi connectivity index (χ1) is 19.2. The number of aromatic nitrogens is 1. The lowest BCUT2D eigenvalue weighted by molar-refractivity contribution is 0.0697. The van der Waals surface area contributed by atoms with Gasteiger partial charge in [-0.05, 0) is 41.5 Å². The molecule has 0 aliphatic carbocycles. The minimum atomic E-state index is -2.72. The molecular formula is C28H21Cl3FNO4. The zero-order valence-corrected chi connectivity index (χ0v) is 21.7. The van der Waals surface area contributed by atoms with Crippen molar-refractivity contribution < 1.29 is 29.0 Å². The van der Waals surface area contributed by atoms with Gasteiger partial charge in [0.15, 0.2) is 11.6 Å². The van der Waals surface area contributed by atoms with E-state index in [0.29, 0.717) is 0 Å². The van der Waals surface area contributed by atoms with Gasteiger partial charge in [-0.3, -0.25) is 0 Å². The monoisotopic (exact) mass is 563 g/mol. The molecule has 4 rings (SSSR count). The van der Waals surface area contributed by atoms with Gasteiger partial charge >= 0.3 is 5.97 Å². The molecule has 37 heavy (non-hydrogen) atoms. The number of hydrogen-bond acceptors (Lipinski definition) is 4. The van der Waals surface area contributed by atoms with Crippen molar-refractivity contribution in [2.75, 3.05) is 0 Å². The summed E-state index contributed by atoms with van der Waals surface area (Å²) < 4.78 is 60.5. The van der Waals surface area contributed by atoms with E-state index in [1.165, 1.54) is 24.3 Å². The second kappa shape index (κ2) is 11.4. The molecule has 1 aromatic heterocycles. The number of ether oxygens (including phenoxy) is 1. The molecule has 0 fully saturated rings. The van der Waals surface area contributed by atoms with Crippen molar-refractivity contribution in [2.45, 2.75) is 26.3 Å². The highest BCUT2D eigenvalue weighted by molar-refractivity contribution is 6.39. The molecule has 0 unspecified atom stereocenters. The minimum absolute atomic E-state index is 0.0174. The summed E-state index contributed by atoms with van der Waals surface area (Å²) in [7, 11) is 0. The summed E-state index contributed by atoms with van der Waals surface area (Å²) in [5, 5.41) is 13.4. The Kier molecular flexibility index (Phi) is 6.69. The fourth-order valence-corrected chi connectivity index (χ4v) is 4.15. The summed E-state index contributed by atoms with van der Waals surface area (Å²) >= 11 is 19.0. The summed E-state index contributed by atoms with van der Waals surface area (Å²) in [5.74, 6) is -3.08. The van der Waals surface area contributed by atoms with E-state index >= 15 is 4.39 Å². The Morgan fingerprint density at radius 2 is 1.84 bits per heavy atom. The molecule has 190 valence electrons. The second-order valence-corrected chi connectivity index (χ2v) is 9.35. The molecule has 0 aliphatic rings. The average Bonchev–Trinajstić information content (AvgIpc) is 3.36. The minimum Gasteiger partial charge on any atom is -0.486 e. The molecule has 1 N–H and O–H groups in total. The van der Waals surface area contributed by atoms with Gasteiger partial charge in [-0.2, -0.15) is 0 Å². The van der Waals surface area contributed by atoms with Crippen LogP contribution < -0.4 is 4.74 Å². The van der Waals surface area contributed by atoms with Gasteiger partial charge in [0.05, 0.1) is 31.7 Å². The van der Waals surface area contributed by atoms with Crippen LogP contribution >= 0.6 is 34.8 Å². The number of halogens is 4. The quantitative estimate of drug-likeness (QED) is 0.216. The van der Waals surface area contributed by atoms with Crippen LogP contribution in [0.3, 0.4) is 0 Å². The third-order valence-electron chi connectivity index (χ3n) is 5.18. The van der Waals surface area contributed by atoms with E-state index in [0.717, 1.165) is 12.1 Å². The Morgan fingerprint density at radius 3 is 2.51 bits per heavy atom. The molecule has 0 saturated carbocycles. The van der Waals surface area contributed by atoms with Crippen molar-refractivity contribution in [3.05, 3.63) is 103 Å². The van der Waals surface area contributed by atoms with E-state index in [1.54, 1.807) is 32.0 Å². The summed E-state index contributed by atoms with van der Waals surface area (Å²) in [6.45, 7) is 0.772. The smallest absolute Gasteiger partial charge is 0.335 e. The van der Waals surface area contributed by atoms with Crippen LogP contribution in [0.15, 0.2) is 59.1 Å². The van der Waals surface area contributed by atoms with Crippen LogP contribution in [0.2, 0.25) is 15.1 Å². The van der Waals surface area contributed by atoms with E-state index in [9.17, 15) is 9.90 Å². The van der Waals surface area contributed by atoms with Crippen LogP contribution in [0.5, 0.6) is 5.75 Å². The van der Waals surface area contributed by atoms with Crippen molar-refractivity contribution in [3.63, 3.8) is 0 Å². The zero-order chi connectivity index (χ0) is 30.2. The first kappa shape index (κ1) is 21.7. The Bertz CT molecular complexity index is 1670. The largest absolute Gasteiger partial charge is 0.486 e. The number of carboxylic acid groups (broad SMARTS) is 1. The molecule has 0 bridgehead atoms. The predicted molar refractivity (Wildman–Crippen MR) is 144 cm³/mol. The number of carboxylic acids is 1. The fourth-order valence-electron chi connectivity index (χ4n) is 3.37. The lowest BCUT2D eigenvalue weighted by Gasteiger charge is -2.12. The third-order valence-corrected chi connectivity index (χ3v) is 6.12. The maximum absolute atomic E-state index is 15.3. The molecule has 9 heteroatoms. The van der Waals surface area contributed by atoms with Crippen LogP contribution in [0.1, 0.15) is 58.1 Å². The highest BCUT2D eigenvalue weighted by atomic mass is 35.5. The van der Waals surface area contributed by atoms with Crippen molar-refractivity contribution >= 4 is 52.9 Å². The van der Waals surface area contributed by atoms with Crippen molar-refractivity contribution in [1.82, 2.24) is 5.16 Å². The van der Waals surface area contributed by atoms with Crippen molar-refractivity contribution in [1.29, 1.82) is 0 Å². The number of rotatable bonds is 8. The summed E-state index contributed by atoms with van der Waals surface area (Å²) in [6.07, 6.45) is 0. The van der Waals surface area contributed by atoms with Gasteiger partial charge in [0.2, 0.25) is 0 Å². The summed E-state index contributed by atoms with van der Waals surface area (Å²) in [5.41, 5.74) is -0.107. The molecular weight excluding hydrogens is 540 g/mol. The predicted octanol–water partition coefficient (Wildman–Crippen LogP) is 9.01. The maximum atomic E-state index is 15.3. The standard InChI is InChI=1S/C28H21Cl3FNO4/c1-15(2)27-19(26(33-37-27)25-20(29)7-4-8-21(25)30)14-36-24-13-22(31)17(12-23(24)32)10-9-16-5-3-6-18(11-16)28(34)35/h3-13,15H,14H2,1-2H3,(H,34,35)/b10-9+/i9D,10D,14D2. The first-order valence-electron chi connectivity index (χ1n) is 12.9. The number of hydrogen-bond donors (Lipinski definition) is 1. The summed E-state index contributed by atoms with van der Waals surface area (Å²) in [4.78, 5) is 11.3. The van der Waals surface area contributed by atoms with E-state index < -0.39 is 36.2 Å². The number of aromatic carboxylic acids is 1. The van der Waals surface area contributed by atoms with Crippen LogP contribution in [-0.4, -0.2) is 16.2 Å². The highest BCUT2D eigenvalue weighted by Crippen LogP contribution is 2.39. The molecule has 0 atom stereocenters. The molecule has 0 spiro atoms. The Balaban J connectivity index is 1.76. The van der Waals surface area contributed by atoms with Crippen LogP contribution in [0.4, 0.5) is 4.39 Å². The van der Waals surface area contributed by atoms with Crippen LogP contribution in [0, 0.1) is 5.82 Å². The third kappa shape index (κ3) is 5.99.